The normalized spacial score (nSPS) is 15.4. The molecule has 1 saturated heterocycles. The standard InChI is InChI=1S/C21H20ClN5O2/c1-14-17(3-2-6-23-14)27-19-11-15(22)4-5-18(19)26-13-16(24-20(26)21(27)28)12-25-7-9-29-10-8-25/h2-6,11,13H,7-10,12H2,1H3. The van der Waals surface area contributed by atoms with E-state index in [9.17, 15) is 4.79 Å². The molecule has 1 fully saturated rings. The highest BCUT2D eigenvalue weighted by Gasteiger charge is 2.18. The van der Waals surface area contributed by atoms with E-state index in [1.54, 1.807) is 10.8 Å². The summed E-state index contributed by atoms with van der Waals surface area (Å²) >= 11 is 6.28. The van der Waals surface area contributed by atoms with Crippen LogP contribution in [0.2, 0.25) is 5.02 Å². The number of halogens is 1. The lowest BCUT2D eigenvalue weighted by atomic mass is 10.2. The van der Waals surface area contributed by atoms with E-state index in [2.05, 4.69) is 14.9 Å². The monoisotopic (exact) mass is 409 g/mol. The van der Waals surface area contributed by atoms with Crippen molar-refractivity contribution in [2.45, 2.75) is 13.5 Å². The van der Waals surface area contributed by atoms with E-state index in [4.69, 9.17) is 16.3 Å². The number of aromatic nitrogens is 4. The average Bonchev–Trinajstić information content (AvgIpc) is 3.14. The SMILES string of the molecule is Cc1ncccc1-n1c(=O)c2nc(CN3CCOCC3)cn2c2ccc(Cl)cc21. The average molecular weight is 410 g/mol. The van der Waals surface area contributed by atoms with Crippen LogP contribution in [-0.2, 0) is 11.3 Å². The molecule has 1 aliphatic heterocycles. The largest absolute Gasteiger partial charge is 0.379 e. The van der Waals surface area contributed by atoms with Crippen LogP contribution in [0.4, 0.5) is 0 Å². The van der Waals surface area contributed by atoms with Crippen LogP contribution in [0, 0.1) is 6.92 Å². The summed E-state index contributed by atoms with van der Waals surface area (Å²) in [5.41, 5.74) is 4.15. The van der Waals surface area contributed by atoms with Crippen LogP contribution in [0.3, 0.4) is 0 Å². The molecule has 4 heterocycles. The molecule has 0 N–H and O–H groups in total. The number of benzene rings is 1. The molecule has 5 rings (SSSR count). The van der Waals surface area contributed by atoms with Gasteiger partial charge in [0.15, 0.2) is 0 Å². The molecule has 0 saturated carbocycles. The van der Waals surface area contributed by atoms with E-state index in [0.29, 0.717) is 17.2 Å². The van der Waals surface area contributed by atoms with Gasteiger partial charge in [-0.15, -0.1) is 0 Å². The van der Waals surface area contributed by atoms with Crippen molar-refractivity contribution >= 4 is 28.3 Å². The Balaban J connectivity index is 1.75. The summed E-state index contributed by atoms with van der Waals surface area (Å²) in [7, 11) is 0. The predicted molar refractivity (Wildman–Crippen MR) is 112 cm³/mol. The molecule has 1 aliphatic rings. The zero-order chi connectivity index (χ0) is 20.0. The number of fused-ring (bicyclic) bond motifs is 3. The minimum absolute atomic E-state index is 0.191. The first-order valence-electron chi connectivity index (χ1n) is 9.56. The predicted octanol–water partition coefficient (Wildman–Crippen LogP) is 2.83. The summed E-state index contributed by atoms with van der Waals surface area (Å²) in [4.78, 5) is 24.8. The molecule has 3 aromatic heterocycles. The molecule has 0 bridgehead atoms. The van der Waals surface area contributed by atoms with E-state index >= 15 is 0 Å². The molecule has 0 spiro atoms. The number of imidazole rings is 1. The van der Waals surface area contributed by atoms with Crippen LogP contribution in [-0.4, -0.2) is 50.1 Å². The second kappa shape index (κ2) is 7.26. The molecule has 0 atom stereocenters. The second-order valence-corrected chi connectivity index (χ2v) is 7.63. The smallest absolute Gasteiger partial charge is 0.299 e. The van der Waals surface area contributed by atoms with Crippen LogP contribution < -0.4 is 5.56 Å². The van der Waals surface area contributed by atoms with Crippen molar-refractivity contribution in [2.75, 3.05) is 26.3 Å². The zero-order valence-electron chi connectivity index (χ0n) is 16.0. The van der Waals surface area contributed by atoms with Crippen molar-refractivity contribution in [3.63, 3.8) is 0 Å². The molecule has 148 valence electrons. The lowest BCUT2D eigenvalue weighted by Crippen LogP contribution is -2.35. The van der Waals surface area contributed by atoms with Crippen molar-refractivity contribution < 1.29 is 4.74 Å². The molecule has 0 amide bonds. The van der Waals surface area contributed by atoms with Crippen LogP contribution in [0.15, 0.2) is 47.5 Å². The van der Waals surface area contributed by atoms with Crippen molar-refractivity contribution in [3.8, 4) is 5.69 Å². The van der Waals surface area contributed by atoms with Crippen molar-refractivity contribution in [3.05, 3.63) is 69.5 Å². The number of morpholine rings is 1. The second-order valence-electron chi connectivity index (χ2n) is 7.20. The first-order valence-corrected chi connectivity index (χ1v) is 9.94. The Bertz CT molecular complexity index is 1270. The summed E-state index contributed by atoms with van der Waals surface area (Å²) in [6, 6.07) is 9.27. The molecule has 0 aliphatic carbocycles. The Morgan fingerprint density at radius 1 is 1.17 bits per heavy atom. The topological polar surface area (TPSA) is 64.7 Å². The van der Waals surface area contributed by atoms with E-state index in [1.807, 2.05) is 47.9 Å². The van der Waals surface area contributed by atoms with Gasteiger partial charge >= 0.3 is 0 Å². The lowest BCUT2D eigenvalue weighted by Gasteiger charge is -2.25. The third kappa shape index (κ3) is 3.21. The van der Waals surface area contributed by atoms with Crippen molar-refractivity contribution in [1.29, 1.82) is 0 Å². The molecular weight excluding hydrogens is 390 g/mol. The fourth-order valence-electron chi connectivity index (χ4n) is 3.87. The molecular formula is C21H20ClN5O2. The Hall–Kier alpha value is -2.74. The summed E-state index contributed by atoms with van der Waals surface area (Å²) in [5.74, 6) is 0. The van der Waals surface area contributed by atoms with Crippen LogP contribution in [0.25, 0.3) is 22.4 Å². The van der Waals surface area contributed by atoms with Gasteiger partial charge in [-0.1, -0.05) is 11.6 Å². The van der Waals surface area contributed by atoms with Crippen LogP contribution in [0.5, 0.6) is 0 Å². The number of hydrogen-bond acceptors (Lipinski definition) is 5. The summed E-state index contributed by atoms with van der Waals surface area (Å²) in [6.07, 6.45) is 3.66. The number of nitrogens with zero attached hydrogens (tertiary/aromatic N) is 5. The molecule has 29 heavy (non-hydrogen) atoms. The highest BCUT2D eigenvalue weighted by Crippen LogP contribution is 2.23. The van der Waals surface area contributed by atoms with Crippen LogP contribution >= 0.6 is 11.6 Å². The number of hydrogen-bond donors (Lipinski definition) is 0. The summed E-state index contributed by atoms with van der Waals surface area (Å²) in [6.45, 7) is 5.75. The number of pyridine rings is 1. The van der Waals surface area contributed by atoms with Gasteiger partial charge < -0.3 is 4.74 Å². The van der Waals surface area contributed by atoms with E-state index in [0.717, 1.165) is 54.4 Å². The Morgan fingerprint density at radius 3 is 2.79 bits per heavy atom. The lowest BCUT2D eigenvalue weighted by molar-refractivity contribution is 0.0337. The molecule has 0 unspecified atom stereocenters. The van der Waals surface area contributed by atoms with Gasteiger partial charge in [-0.25, -0.2) is 4.98 Å². The first kappa shape index (κ1) is 18.3. The van der Waals surface area contributed by atoms with Gasteiger partial charge in [0.05, 0.1) is 41.3 Å². The van der Waals surface area contributed by atoms with E-state index < -0.39 is 0 Å². The number of rotatable bonds is 3. The maximum absolute atomic E-state index is 13.5. The van der Waals surface area contributed by atoms with Gasteiger partial charge in [0.1, 0.15) is 0 Å². The van der Waals surface area contributed by atoms with Gasteiger partial charge in [0.2, 0.25) is 5.65 Å². The van der Waals surface area contributed by atoms with E-state index in [-0.39, 0.29) is 5.56 Å². The number of ether oxygens (including phenoxy) is 1. The van der Waals surface area contributed by atoms with Gasteiger partial charge in [0, 0.05) is 37.1 Å². The van der Waals surface area contributed by atoms with Gasteiger partial charge in [-0.2, -0.15) is 0 Å². The summed E-state index contributed by atoms with van der Waals surface area (Å²) in [5, 5.41) is 0.570. The van der Waals surface area contributed by atoms with Crippen LogP contribution in [0.1, 0.15) is 11.4 Å². The first-order chi connectivity index (χ1) is 14.1. The molecule has 4 aromatic rings. The highest BCUT2D eigenvalue weighted by molar-refractivity contribution is 6.31. The Kier molecular flexibility index (Phi) is 4.58. The van der Waals surface area contributed by atoms with Gasteiger partial charge in [-0.3, -0.25) is 23.6 Å². The fourth-order valence-corrected chi connectivity index (χ4v) is 4.03. The maximum atomic E-state index is 13.5. The minimum atomic E-state index is -0.191. The highest BCUT2D eigenvalue weighted by atomic mass is 35.5. The molecule has 0 radical (unpaired) electrons. The van der Waals surface area contributed by atoms with Crippen molar-refractivity contribution in [1.82, 2.24) is 23.8 Å². The third-order valence-electron chi connectivity index (χ3n) is 5.30. The molecule has 1 aromatic carbocycles. The van der Waals surface area contributed by atoms with Gasteiger partial charge in [0.25, 0.3) is 5.56 Å². The Labute approximate surface area is 172 Å². The number of aryl methyl sites for hydroxylation is 1. The maximum Gasteiger partial charge on any atom is 0.299 e. The fraction of sp³-hybridized carbons (Fsp3) is 0.286. The quantitative estimate of drug-likeness (QED) is 0.520. The molecule has 7 nitrogen and oxygen atoms in total. The Morgan fingerprint density at radius 2 is 2.00 bits per heavy atom. The third-order valence-corrected chi connectivity index (χ3v) is 5.53. The van der Waals surface area contributed by atoms with Crippen molar-refractivity contribution in [2.24, 2.45) is 0 Å². The molecule has 8 heteroatoms. The summed E-state index contributed by atoms with van der Waals surface area (Å²) < 4.78 is 8.95. The van der Waals surface area contributed by atoms with E-state index in [1.165, 1.54) is 0 Å². The zero-order valence-corrected chi connectivity index (χ0v) is 16.8. The minimum Gasteiger partial charge on any atom is -0.379 e. The van der Waals surface area contributed by atoms with Gasteiger partial charge in [-0.05, 0) is 37.3 Å².